The van der Waals surface area contributed by atoms with Crippen molar-refractivity contribution in [2.75, 3.05) is 13.6 Å². The monoisotopic (exact) mass is 401 g/mol. The molecule has 0 spiro atoms. The molecule has 8 heteroatoms. The van der Waals surface area contributed by atoms with Gasteiger partial charge in [-0.2, -0.15) is 0 Å². The Hall–Kier alpha value is -2.71. The standard InChI is InChI=1S/C20H23N3O4S/c1-21-28(26,27)18-9-4-8-15(12-18)20(25)22-13-16-6-2-3-7-17(16)14-23-11-5-10-19(23)24/h2-4,6-9,12,21H,5,10-11,13-14H2,1H3,(H,22,25). The first-order chi connectivity index (χ1) is 13.4. The lowest BCUT2D eigenvalue weighted by atomic mass is 10.1. The van der Waals surface area contributed by atoms with E-state index in [1.54, 1.807) is 6.07 Å². The van der Waals surface area contributed by atoms with E-state index in [2.05, 4.69) is 10.0 Å². The van der Waals surface area contributed by atoms with Gasteiger partial charge < -0.3 is 10.2 Å². The second kappa shape index (κ2) is 8.53. The van der Waals surface area contributed by atoms with Crippen LogP contribution in [0.3, 0.4) is 0 Å². The van der Waals surface area contributed by atoms with Crippen LogP contribution in [0.5, 0.6) is 0 Å². The summed E-state index contributed by atoms with van der Waals surface area (Å²) in [5.41, 5.74) is 2.18. The van der Waals surface area contributed by atoms with Crippen molar-refractivity contribution < 1.29 is 18.0 Å². The minimum Gasteiger partial charge on any atom is -0.348 e. The SMILES string of the molecule is CNS(=O)(=O)c1cccc(C(=O)NCc2ccccc2CN2CCCC2=O)c1. The number of carbonyl (C=O) groups excluding carboxylic acids is 2. The molecular formula is C20H23N3O4S. The fraction of sp³-hybridized carbons (Fsp3) is 0.300. The van der Waals surface area contributed by atoms with E-state index in [0.29, 0.717) is 19.5 Å². The zero-order chi connectivity index (χ0) is 20.1. The molecule has 1 heterocycles. The lowest BCUT2D eigenvalue weighted by Crippen LogP contribution is -2.27. The summed E-state index contributed by atoms with van der Waals surface area (Å²) >= 11 is 0. The summed E-state index contributed by atoms with van der Waals surface area (Å²) in [6, 6.07) is 13.5. The molecule has 148 valence electrons. The van der Waals surface area contributed by atoms with Crippen LogP contribution in [0.25, 0.3) is 0 Å². The highest BCUT2D eigenvalue weighted by Gasteiger charge is 2.21. The molecule has 1 fully saturated rings. The van der Waals surface area contributed by atoms with E-state index in [1.807, 2.05) is 29.2 Å². The third-order valence-electron chi connectivity index (χ3n) is 4.77. The van der Waals surface area contributed by atoms with Crippen LogP contribution in [0.4, 0.5) is 0 Å². The van der Waals surface area contributed by atoms with E-state index in [-0.39, 0.29) is 22.3 Å². The summed E-state index contributed by atoms with van der Waals surface area (Å²) in [5.74, 6) is -0.207. The molecule has 1 saturated heterocycles. The molecule has 2 aromatic rings. The van der Waals surface area contributed by atoms with Crippen LogP contribution in [0.15, 0.2) is 53.4 Å². The second-order valence-corrected chi connectivity index (χ2v) is 8.49. The lowest BCUT2D eigenvalue weighted by Gasteiger charge is -2.18. The second-order valence-electron chi connectivity index (χ2n) is 6.61. The topological polar surface area (TPSA) is 95.6 Å². The first-order valence-electron chi connectivity index (χ1n) is 9.07. The molecule has 0 atom stereocenters. The molecule has 2 N–H and O–H groups in total. The van der Waals surface area contributed by atoms with Crippen molar-refractivity contribution in [2.24, 2.45) is 0 Å². The molecule has 1 aliphatic heterocycles. The van der Waals surface area contributed by atoms with Crippen LogP contribution in [0.1, 0.15) is 34.3 Å². The molecule has 0 radical (unpaired) electrons. The Morgan fingerprint density at radius 3 is 2.54 bits per heavy atom. The highest BCUT2D eigenvalue weighted by molar-refractivity contribution is 7.89. The predicted molar refractivity (Wildman–Crippen MR) is 105 cm³/mol. The Bertz CT molecular complexity index is 988. The number of hydrogen-bond acceptors (Lipinski definition) is 4. The van der Waals surface area contributed by atoms with Crippen molar-refractivity contribution in [3.8, 4) is 0 Å². The molecule has 2 aromatic carbocycles. The van der Waals surface area contributed by atoms with Crippen molar-refractivity contribution in [3.63, 3.8) is 0 Å². The number of hydrogen-bond donors (Lipinski definition) is 2. The fourth-order valence-corrected chi connectivity index (χ4v) is 3.94. The molecule has 0 bridgehead atoms. The minimum atomic E-state index is -3.61. The first-order valence-corrected chi connectivity index (χ1v) is 10.6. The van der Waals surface area contributed by atoms with E-state index < -0.39 is 10.0 Å². The van der Waals surface area contributed by atoms with E-state index in [1.165, 1.54) is 25.2 Å². The molecule has 28 heavy (non-hydrogen) atoms. The highest BCUT2D eigenvalue weighted by atomic mass is 32.2. The largest absolute Gasteiger partial charge is 0.348 e. The van der Waals surface area contributed by atoms with Gasteiger partial charge in [0.15, 0.2) is 0 Å². The Labute approximate surface area is 164 Å². The normalized spacial score (nSPS) is 14.3. The van der Waals surface area contributed by atoms with Crippen LogP contribution < -0.4 is 10.0 Å². The van der Waals surface area contributed by atoms with Crippen LogP contribution in [-0.2, 0) is 27.9 Å². The zero-order valence-electron chi connectivity index (χ0n) is 15.6. The zero-order valence-corrected chi connectivity index (χ0v) is 16.5. The van der Waals surface area contributed by atoms with Gasteiger partial charge in [0.2, 0.25) is 15.9 Å². The Morgan fingerprint density at radius 2 is 1.86 bits per heavy atom. The van der Waals surface area contributed by atoms with E-state index in [4.69, 9.17) is 0 Å². The number of amides is 2. The van der Waals surface area contributed by atoms with Crippen LogP contribution >= 0.6 is 0 Å². The van der Waals surface area contributed by atoms with Gasteiger partial charge in [-0.25, -0.2) is 13.1 Å². The fourth-order valence-electron chi connectivity index (χ4n) is 3.16. The number of carbonyl (C=O) groups is 2. The molecule has 3 rings (SSSR count). The van der Waals surface area contributed by atoms with Gasteiger partial charge in [-0.3, -0.25) is 9.59 Å². The van der Waals surface area contributed by atoms with Gasteiger partial charge >= 0.3 is 0 Å². The molecule has 0 saturated carbocycles. The summed E-state index contributed by atoms with van der Waals surface area (Å²) in [4.78, 5) is 26.2. The van der Waals surface area contributed by atoms with E-state index >= 15 is 0 Å². The lowest BCUT2D eigenvalue weighted by molar-refractivity contribution is -0.128. The summed E-state index contributed by atoms with van der Waals surface area (Å²) < 4.78 is 26.1. The molecule has 7 nitrogen and oxygen atoms in total. The van der Waals surface area contributed by atoms with Crippen molar-refractivity contribution in [1.82, 2.24) is 14.9 Å². The van der Waals surface area contributed by atoms with Gasteiger partial charge in [0, 0.05) is 31.6 Å². The molecule has 0 unspecified atom stereocenters. The predicted octanol–water partition coefficient (Wildman–Crippen LogP) is 1.65. The smallest absolute Gasteiger partial charge is 0.251 e. The molecule has 2 amide bonds. The Kier molecular flexibility index (Phi) is 6.11. The molecular weight excluding hydrogens is 378 g/mol. The quantitative estimate of drug-likeness (QED) is 0.737. The number of likely N-dealkylation sites (tertiary alicyclic amines) is 1. The van der Waals surface area contributed by atoms with Gasteiger partial charge in [0.1, 0.15) is 0 Å². The van der Waals surface area contributed by atoms with Crippen LogP contribution in [-0.4, -0.2) is 38.7 Å². The first kappa shape index (κ1) is 20.0. The molecule has 0 aliphatic carbocycles. The average molecular weight is 401 g/mol. The summed E-state index contributed by atoms with van der Waals surface area (Å²) in [6.45, 7) is 1.58. The van der Waals surface area contributed by atoms with Crippen molar-refractivity contribution in [1.29, 1.82) is 0 Å². The van der Waals surface area contributed by atoms with Crippen molar-refractivity contribution in [3.05, 3.63) is 65.2 Å². The van der Waals surface area contributed by atoms with Crippen molar-refractivity contribution >= 4 is 21.8 Å². The van der Waals surface area contributed by atoms with Crippen molar-refractivity contribution in [2.45, 2.75) is 30.8 Å². The van der Waals surface area contributed by atoms with Gasteiger partial charge in [0.25, 0.3) is 5.91 Å². The Morgan fingerprint density at radius 1 is 1.11 bits per heavy atom. The number of sulfonamides is 1. The number of benzene rings is 2. The summed E-state index contributed by atoms with van der Waals surface area (Å²) in [6.07, 6.45) is 1.47. The van der Waals surface area contributed by atoms with Gasteiger partial charge in [-0.05, 0) is 42.8 Å². The average Bonchev–Trinajstić information content (AvgIpc) is 3.11. The van der Waals surface area contributed by atoms with E-state index in [0.717, 1.165) is 24.1 Å². The van der Waals surface area contributed by atoms with E-state index in [9.17, 15) is 18.0 Å². The Balaban J connectivity index is 1.70. The third-order valence-corrected chi connectivity index (χ3v) is 6.18. The number of nitrogens with zero attached hydrogens (tertiary/aromatic N) is 1. The molecule has 1 aliphatic rings. The third kappa shape index (κ3) is 4.58. The number of rotatable bonds is 7. The number of nitrogens with one attached hydrogen (secondary N) is 2. The summed E-state index contributed by atoms with van der Waals surface area (Å²) in [5, 5.41) is 2.83. The minimum absolute atomic E-state index is 0.0376. The van der Waals surface area contributed by atoms with Crippen LogP contribution in [0, 0.1) is 0 Å². The maximum Gasteiger partial charge on any atom is 0.251 e. The highest BCUT2D eigenvalue weighted by Crippen LogP contribution is 2.17. The maximum atomic E-state index is 12.5. The molecule has 0 aromatic heterocycles. The summed E-state index contributed by atoms with van der Waals surface area (Å²) in [7, 11) is -2.29. The maximum absolute atomic E-state index is 12.5. The van der Waals surface area contributed by atoms with Gasteiger partial charge in [-0.15, -0.1) is 0 Å². The van der Waals surface area contributed by atoms with Crippen LogP contribution in [0.2, 0.25) is 0 Å². The van der Waals surface area contributed by atoms with Gasteiger partial charge in [0.05, 0.1) is 4.90 Å². The van der Waals surface area contributed by atoms with Gasteiger partial charge in [-0.1, -0.05) is 30.3 Å².